The lowest BCUT2D eigenvalue weighted by atomic mass is 10.2. The highest BCUT2D eigenvalue weighted by Gasteiger charge is 2.12. The minimum atomic E-state index is -0.465. The molecule has 0 bridgehead atoms. The van der Waals surface area contributed by atoms with E-state index in [1.807, 2.05) is 0 Å². The molecule has 6 nitrogen and oxygen atoms in total. The van der Waals surface area contributed by atoms with E-state index in [-0.39, 0.29) is 12.5 Å². The molecule has 0 aliphatic carbocycles. The quantitative estimate of drug-likeness (QED) is 0.514. The summed E-state index contributed by atoms with van der Waals surface area (Å²) in [5.41, 5.74) is 0.263. The third kappa shape index (κ3) is 2.79. The lowest BCUT2D eigenvalue weighted by molar-refractivity contribution is 0.757. The van der Waals surface area contributed by atoms with Crippen LogP contribution in [-0.4, -0.2) is 21.1 Å². The molecule has 0 aliphatic heterocycles. The van der Waals surface area contributed by atoms with Crippen LogP contribution in [0.25, 0.3) is 11.4 Å². The zero-order valence-corrected chi connectivity index (χ0v) is 11.5. The van der Waals surface area contributed by atoms with Crippen molar-refractivity contribution >= 4 is 17.5 Å². The predicted molar refractivity (Wildman–Crippen MR) is 78.1 cm³/mol. The fourth-order valence-electron chi connectivity index (χ4n) is 1.60. The van der Waals surface area contributed by atoms with Gasteiger partial charge in [-0.15, -0.1) is 6.42 Å². The average molecular weight is 290 g/mol. The molecule has 1 aromatic carbocycles. The molecular formula is C13H12ClN5O. The first-order valence-electron chi connectivity index (χ1n) is 5.69. The molecule has 0 fully saturated rings. The minimum absolute atomic E-state index is 0.0796. The van der Waals surface area contributed by atoms with Gasteiger partial charge in [0.25, 0.3) is 0 Å². The van der Waals surface area contributed by atoms with Gasteiger partial charge in [0.1, 0.15) is 5.82 Å². The molecule has 0 saturated carbocycles. The molecule has 2 rings (SSSR count). The first-order valence-corrected chi connectivity index (χ1v) is 6.07. The maximum Gasteiger partial charge on any atom is 0.352 e. The topological polar surface area (TPSA) is 77.0 Å². The van der Waals surface area contributed by atoms with Gasteiger partial charge >= 0.3 is 5.69 Å². The zero-order valence-electron chi connectivity index (χ0n) is 10.7. The second-order valence-corrected chi connectivity index (χ2v) is 4.46. The molecular weight excluding hydrogens is 278 g/mol. The van der Waals surface area contributed by atoms with E-state index >= 15 is 0 Å². The standard InChI is InChI=1S/C13H12ClN5O/c1-3-8-19(15)12-16-11(18(2)13(20)17-12)9-4-6-10(14)7-5-9/h1,4-7H,8,15H2,2H3. The van der Waals surface area contributed by atoms with Crippen molar-refractivity contribution in [2.75, 3.05) is 11.6 Å². The first-order chi connectivity index (χ1) is 9.52. The van der Waals surface area contributed by atoms with Crippen molar-refractivity contribution in [3.63, 3.8) is 0 Å². The summed E-state index contributed by atoms with van der Waals surface area (Å²) in [6.45, 7) is 0.104. The molecule has 20 heavy (non-hydrogen) atoms. The summed E-state index contributed by atoms with van der Waals surface area (Å²) in [6, 6.07) is 6.95. The summed E-state index contributed by atoms with van der Waals surface area (Å²) in [5, 5.41) is 1.74. The largest absolute Gasteiger partial charge is 0.352 e. The molecule has 0 aliphatic rings. The van der Waals surface area contributed by atoms with E-state index in [0.29, 0.717) is 10.8 Å². The van der Waals surface area contributed by atoms with Crippen LogP contribution in [0.2, 0.25) is 5.02 Å². The number of aromatic nitrogens is 3. The van der Waals surface area contributed by atoms with Crippen LogP contribution in [0.4, 0.5) is 5.95 Å². The highest BCUT2D eigenvalue weighted by atomic mass is 35.5. The van der Waals surface area contributed by atoms with Gasteiger partial charge in [0.15, 0.2) is 0 Å². The summed E-state index contributed by atoms with van der Waals surface area (Å²) in [6.07, 6.45) is 5.18. The number of hydrogen-bond acceptors (Lipinski definition) is 5. The van der Waals surface area contributed by atoms with E-state index in [2.05, 4.69) is 15.9 Å². The van der Waals surface area contributed by atoms with E-state index in [9.17, 15) is 4.79 Å². The Bertz CT molecular complexity index is 717. The summed E-state index contributed by atoms with van der Waals surface area (Å²) in [7, 11) is 1.58. The van der Waals surface area contributed by atoms with Crippen molar-refractivity contribution < 1.29 is 0 Å². The third-order valence-corrected chi connectivity index (χ3v) is 2.88. The van der Waals surface area contributed by atoms with Gasteiger partial charge in [-0.05, 0) is 24.3 Å². The fraction of sp³-hybridized carbons (Fsp3) is 0.154. The van der Waals surface area contributed by atoms with Crippen molar-refractivity contribution in [2.45, 2.75) is 0 Å². The van der Waals surface area contributed by atoms with Crippen molar-refractivity contribution in [3.8, 4) is 23.7 Å². The highest BCUT2D eigenvalue weighted by Crippen LogP contribution is 2.19. The summed E-state index contributed by atoms with van der Waals surface area (Å²) < 4.78 is 1.33. The molecule has 0 saturated heterocycles. The number of nitrogens with two attached hydrogens (primary N) is 1. The van der Waals surface area contributed by atoms with Crippen LogP contribution in [0.3, 0.4) is 0 Å². The Morgan fingerprint density at radius 1 is 1.40 bits per heavy atom. The molecule has 7 heteroatoms. The summed E-state index contributed by atoms with van der Waals surface area (Å²) in [5.74, 6) is 8.57. The van der Waals surface area contributed by atoms with Gasteiger partial charge in [-0.2, -0.15) is 9.97 Å². The number of terminal acetylenes is 1. The number of benzene rings is 1. The molecule has 0 atom stereocenters. The fourth-order valence-corrected chi connectivity index (χ4v) is 1.73. The Morgan fingerprint density at radius 2 is 2.05 bits per heavy atom. The monoisotopic (exact) mass is 289 g/mol. The van der Waals surface area contributed by atoms with Crippen molar-refractivity contribution in [1.82, 2.24) is 14.5 Å². The van der Waals surface area contributed by atoms with E-state index in [1.54, 1.807) is 31.3 Å². The van der Waals surface area contributed by atoms with Crippen LogP contribution >= 0.6 is 11.6 Å². The summed E-state index contributed by atoms with van der Waals surface area (Å²) in [4.78, 5) is 19.9. The van der Waals surface area contributed by atoms with Crippen LogP contribution < -0.4 is 16.5 Å². The SMILES string of the molecule is C#CCN(N)c1nc(-c2ccc(Cl)cc2)n(C)c(=O)n1. The van der Waals surface area contributed by atoms with Gasteiger partial charge in [0.2, 0.25) is 5.95 Å². The highest BCUT2D eigenvalue weighted by molar-refractivity contribution is 6.30. The number of nitrogens with zero attached hydrogens (tertiary/aromatic N) is 4. The molecule has 2 aromatic rings. The zero-order chi connectivity index (χ0) is 14.7. The van der Waals surface area contributed by atoms with Crippen molar-refractivity contribution in [2.24, 2.45) is 12.9 Å². The molecule has 0 amide bonds. The van der Waals surface area contributed by atoms with Gasteiger partial charge in [-0.3, -0.25) is 9.58 Å². The van der Waals surface area contributed by atoms with Gasteiger partial charge in [0.05, 0.1) is 6.54 Å². The maximum absolute atomic E-state index is 11.9. The Balaban J connectivity index is 2.55. The first kappa shape index (κ1) is 14.1. The smallest absolute Gasteiger partial charge is 0.279 e. The van der Waals surface area contributed by atoms with Crippen LogP contribution in [0.15, 0.2) is 29.1 Å². The minimum Gasteiger partial charge on any atom is -0.279 e. The molecule has 102 valence electrons. The lowest BCUT2D eigenvalue weighted by Gasteiger charge is -2.15. The maximum atomic E-state index is 11.9. The van der Waals surface area contributed by atoms with Crippen LogP contribution in [0.5, 0.6) is 0 Å². The molecule has 1 aromatic heterocycles. The van der Waals surface area contributed by atoms with Crippen molar-refractivity contribution in [3.05, 3.63) is 39.8 Å². The number of hydrogen-bond donors (Lipinski definition) is 1. The Morgan fingerprint density at radius 3 is 2.65 bits per heavy atom. The number of rotatable bonds is 3. The number of anilines is 1. The lowest BCUT2D eigenvalue weighted by Crippen LogP contribution is -2.36. The molecule has 0 spiro atoms. The second-order valence-electron chi connectivity index (χ2n) is 4.03. The number of halogens is 1. The van der Waals surface area contributed by atoms with Crippen LogP contribution in [0, 0.1) is 12.3 Å². The molecule has 0 radical (unpaired) electrons. The Hall–Kier alpha value is -2.36. The van der Waals surface area contributed by atoms with Gasteiger partial charge in [0, 0.05) is 17.6 Å². The Kier molecular flexibility index (Phi) is 4.03. The molecule has 0 unspecified atom stereocenters. The number of hydrazine groups is 1. The predicted octanol–water partition coefficient (Wildman–Crippen LogP) is 0.809. The van der Waals surface area contributed by atoms with E-state index in [0.717, 1.165) is 10.6 Å². The van der Waals surface area contributed by atoms with E-state index in [4.69, 9.17) is 23.9 Å². The van der Waals surface area contributed by atoms with Crippen molar-refractivity contribution in [1.29, 1.82) is 0 Å². The van der Waals surface area contributed by atoms with Gasteiger partial charge in [-0.1, -0.05) is 17.5 Å². The van der Waals surface area contributed by atoms with Crippen LogP contribution in [0.1, 0.15) is 0 Å². The Labute approximate surface area is 120 Å². The normalized spacial score (nSPS) is 10.1. The van der Waals surface area contributed by atoms with E-state index < -0.39 is 5.69 Å². The molecule has 2 N–H and O–H groups in total. The van der Waals surface area contributed by atoms with Gasteiger partial charge < -0.3 is 0 Å². The average Bonchev–Trinajstić information content (AvgIpc) is 2.43. The van der Waals surface area contributed by atoms with Crippen LogP contribution in [-0.2, 0) is 7.05 Å². The summed E-state index contributed by atoms with van der Waals surface area (Å²) >= 11 is 5.84. The third-order valence-electron chi connectivity index (χ3n) is 2.63. The second kappa shape index (κ2) is 5.74. The molecule has 1 heterocycles. The van der Waals surface area contributed by atoms with Gasteiger partial charge in [-0.25, -0.2) is 10.6 Å². The van der Waals surface area contributed by atoms with E-state index in [1.165, 1.54) is 4.57 Å².